The standard InChI is InChI=1S/C14H20N2S/c1-3-11(4-2)13-10-15-14(17-13)16-12-8-6-5-7-9-12/h5-9,11,13H,3-4,10H2,1-2H3,(H,15,16). The number of anilines is 1. The van der Waals surface area contributed by atoms with E-state index in [4.69, 9.17) is 0 Å². The smallest absolute Gasteiger partial charge is 0.161 e. The molecular formula is C14H20N2S. The quantitative estimate of drug-likeness (QED) is 0.870. The number of nitrogens with one attached hydrogen (secondary N) is 1. The maximum absolute atomic E-state index is 4.60. The van der Waals surface area contributed by atoms with Crippen LogP contribution in [-0.4, -0.2) is 17.0 Å². The van der Waals surface area contributed by atoms with Crippen LogP contribution in [0.1, 0.15) is 26.7 Å². The molecule has 0 aliphatic carbocycles. The van der Waals surface area contributed by atoms with E-state index in [1.54, 1.807) is 0 Å². The van der Waals surface area contributed by atoms with Crippen LogP contribution in [0.25, 0.3) is 0 Å². The van der Waals surface area contributed by atoms with Gasteiger partial charge in [0.1, 0.15) is 0 Å². The Balaban J connectivity index is 1.90. The number of para-hydroxylation sites is 1. The number of thioether (sulfide) groups is 1. The zero-order chi connectivity index (χ0) is 12.1. The minimum Gasteiger partial charge on any atom is -0.335 e. The molecule has 1 aromatic rings. The van der Waals surface area contributed by atoms with Crippen molar-refractivity contribution in [2.45, 2.75) is 31.9 Å². The number of hydrogen-bond acceptors (Lipinski definition) is 3. The van der Waals surface area contributed by atoms with Crippen molar-refractivity contribution in [1.29, 1.82) is 0 Å². The SMILES string of the molecule is CCC(CC)C1CN=C(Nc2ccccc2)S1. The molecule has 2 nitrogen and oxygen atoms in total. The molecule has 0 fully saturated rings. The Labute approximate surface area is 108 Å². The molecule has 2 rings (SSSR count). The van der Waals surface area contributed by atoms with Gasteiger partial charge in [-0.2, -0.15) is 0 Å². The highest BCUT2D eigenvalue weighted by Gasteiger charge is 2.25. The molecule has 0 radical (unpaired) electrons. The molecule has 1 aliphatic heterocycles. The van der Waals surface area contributed by atoms with Gasteiger partial charge in [-0.25, -0.2) is 0 Å². The maximum atomic E-state index is 4.60. The third-order valence-electron chi connectivity index (χ3n) is 3.28. The highest BCUT2D eigenvalue weighted by Crippen LogP contribution is 2.31. The lowest BCUT2D eigenvalue weighted by Crippen LogP contribution is -2.17. The van der Waals surface area contributed by atoms with Gasteiger partial charge in [0.05, 0.1) is 6.54 Å². The number of aliphatic imine (C=N–C) groups is 1. The first-order valence-electron chi connectivity index (χ1n) is 6.36. The van der Waals surface area contributed by atoms with Gasteiger partial charge >= 0.3 is 0 Å². The fourth-order valence-corrected chi connectivity index (χ4v) is 3.50. The summed E-state index contributed by atoms with van der Waals surface area (Å²) < 4.78 is 0. The van der Waals surface area contributed by atoms with Gasteiger partial charge in [0, 0.05) is 10.9 Å². The van der Waals surface area contributed by atoms with E-state index in [-0.39, 0.29) is 0 Å². The second kappa shape index (κ2) is 6.10. The summed E-state index contributed by atoms with van der Waals surface area (Å²) >= 11 is 1.90. The van der Waals surface area contributed by atoms with E-state index in [2.05, 4.69) is 36.3 Å². The fraction of sp³-hybridized carbons (Fsp3) is 0.500. The van der Waals surface area contributed by atoms with Crippen molar-refractivity contribution in [1.82, 2.24) is 0 Å². The molecule has 1 unspecified atom stereocenters. The minimum atomic E-state index is 0.663. The Morgan fingerprint density at radius 1 is 1.29 bits per heavy atom. The van der Waals surface area contributed by atoms with Crippen LogP contribution in [0.2, 0.25) is 0 Å². The van der Waals surface area contributed by atoms with Crippen LogP contribution in [-0.2, 0) is 0 Å². The van der Waals surface area contributed by atoms with Crippen molar-refractivity contribution in [3.05, 3.63) is 30.3 Å². The van der Waals surface area contributed by atoms with Gasteiger partial charge in [0.15, 0.2) is 5.17 Å². The van der Waals surface area contributed by atoms with Gasteiger partial charge in [-0.05, 0) is 18.1 Å². The zero-order valence-corrected chi connectivity index (χ0v) is 11.3. The molecule has 0 bridgehead atoms. The summed E-state index contributed by atoms with van der Waals surface area (Å²) in [6, 6.07) is 10.3. The summed E-state index contributed by atoms with van der Waals surface area (Å²) in [6.45, 7) is 5.51. The molecule has 1 aliphatic rings. The summed E-state index contributed by atoms with van der Waals surface area (Å²) in [5.74, 6) is 0.791. The molecule has 17 heavy (non-hydrogen) atoms. The summed E-state index contributed by atoms with van der Waals surface area (Å²) in [5, 5.41) is 5.13. The second-order valence-electron chi connectivity index (χ2n) is 4.37. The summed E-state index contributed by atoms with van der Waals surface area (Å²) in [6.07, 6.45) is 2.50. The third kappa shape index (κ3) is 3.25. The molecule has 1 heterocycles. The molecule has 0 aromatic heterocycles. The first kappa shape index (κ1) is 12.5. The van der Waals surface area contributed by atoms with Crippen molar-refractivity contribution in [3.8, 4) is 0 Å². The average Bonchev–Trinajstić information content (AvgIpc) is 2.81. The monoisotopic (exact) mass is 248 g/mol. The average molecular weight is 248 g/mol. The molecule has 1 atom stereocenters. The molecule has 0 saturated heterocycles. The topological polar surface area (TPSA) is 24.4 Å². The van der Waals surface area contributed by atoms with Gasteiger partial charge in [0.2, 0.25) is 0 Å². The summed E-state index contributed by atoms with van der Waals surface area (Å²) in [5.41, 5.74) is 1.13. The van der Waals surface area contributed by atoms with Crippen LogP contribution in [0.5, 0.6) is 0 Å². The summed E-state index contributed by atoms with van der Waals surface area (Å²) in [4.78, 5) is 4.60. The number of hydrogen-bond donors (Lipinski definition) is 1. The van der Waals surface area contributed by atoms with Crippen molar-refractivity contribution in [2.24, 2.45) is 10.9 Å². The van der Waals surface area contributed by atoms with E-state index in [0.29, 0.717) is 5.25 Å². The number of amidine groups is 1. The fourth-order valence-electron chi connectivity index (χ4n) is 2.16. The molecule has 1 aromatic carbocycles. The van der Waals surface area contributed by atoms with Crippen molar-refractivity contribution in [2.75, 3.05) is 11.9 Å². The van der Waals surface area contributed by atoms with Crippen LogP contribution < -0.4 is 5.32 Å². The van der Waals surface area contributed by atoms with E-state index < -0.39 is 0 Å². The summed E-state index contributed by atoms with van der Waals surface area (Å²) in [7, 11) is 0. The Morgan fingerprint density at radius 3 is 2.65 bits per heavy atom. The molecule has 3 heteroatoms. The van der Waals surface area contributed by atoms with Gasteiger partial charge in [-0.15, -0.1) is 0 Å². The normalized spacial score (nSPS) is 19.5. The third-order valence-corrected chi connectivity index (χ3v) is 4.57. The van der Waals surface area contributed by atoms with Crippen LogP contribution in [0.3, 0.4) is 0 Å². The molecule has 1 N–H and O–H groups in total. The number of benzene rings is 1. The number of nitrogens with zero attached hydrogens (tertiary/aromatic N) is 1. The number of rotatable bonds is 4. The molecule has 0 saturated carbocycles. The lowest BCUT2D eigenvalue weighted by atomic mass is 9.99. The Bertz CT molecular complexity index is 371. The van der Waals surface area contributed by atoms with Gasteiger partial charge < -0.3 is 5.32 Å². The van der Waals surface area contributed by atoms with E-state index in [9.17, 15) is 0 Å². The van der Waals surface area contributed by atoms with E-state index in [0.717, 1.165) is 23.3 Å². The van der Waals surface area contributed by atoms with Crippen molar-refractivity contribution in [3.63, 3.8) is 0 Å². The van der Waals surface area contributed by atoms with Gasteiger partial charge in [-0.3, -0.25) is 4.99 Å². The molecule has 92 valence electrons. The van der Waals surface area contributed by atoms with Crippen LogP contribution in [0.4, 0.5) is 5.69 Å². The van der Waals surface area contributed by atoms with E-state index in [1.165, 1.54) is 12.8 Å². The predicted octanol–water partition coefficient (Wildman–Crippen LogP) is 4.01. The molecule has 0 amide bonds. The predicted molar refractivity (Wildman–Crippen MR) is 77.8 cm³/mol. The molecule has 0 spiro atoms. The van der Waals surface area contributed by atoms with Crippen molar-refractivity contribution < 1.29 is 0 Å². The molecular weight excluding hydrogens is 228 g/mol. The highest BCUT2D eigenvalue weighted by molar-refractivity contribution is 8.15. The minimum absolute atomic E-state index is 0.663. The lowest BCUT2D eigenvalue weighted by Gasteiger charge is -2.18. The maximum Gasteiger partial charge on any atom is 0.161 e. The van der Waals surface area contributed by atoms with Crippen LogP contribution in [0, 0.1) is 5.92 Å². The Kier molecular flexibility index (Phi) is 4.49. The van der Waals surface area contributed by atoms with Crippen LogP contribution in [0.15, 0.2) is 35.3 Å². The Hall–Kier alpha value is -0.960. The van der Waals surface area contributed by atoms with Gasteiger partial charge in [0.25, 0.3) is 0 Å². The largest absolute Gasteiger partial charge is 0.335 e. The Morgan fingerprint density at radius 2 is 2.00 bits per heavy atom. The van der Waals surface area contributed by atoms with E-state index in [1.807, 2.05) is 30.0 Å². The first-order valence-corrected chi connectivity index (χ1v) is 7.24. The van der Waals surface area contributed by atoms with Gasteiger partial charge in [-0.1, -0.05) is 56.7 Å². The highest BCUT2D eigenvalue weighted by atomic mass is 32.2. The van der Waals surface area contributed by atoms with Crippen LogP contribution >= 0.6 is 11.8 Å². The van der Waals surface area contributed by atoms with Crippen molar-refractivity contribution >= 4 is 22.6 Å². The first-order chi connectivity index (χ1) is 8.33. The second-order valence-corrected chi connectivity index (χ2v) is 5.60. The zero-order valence-electron chi connectivity index (χ0n) is 10.5. The lowest BCUT2D eigenvalue weighted by molar-refractivity contribution is 0.479. The van der Waals surface area contributed by atoms with E-state index >= 15 is 0 Å².